The van der Waals surface area contributed by atoms with Gasteiger partial charge in [0.1, 0.15) is 11.0 Å². The molecule has 0 spiro atoms. The third-order valence-corrected chi connectivity index (χ3v) is 1.98. The Morgan fingerprint density at radius 3 is 2.44 bits per heavy atom. The smallest absolute Gasteiger partial charge is 0.433 e. The lowest BCUT2D eigenvalue weighted by Gasteiger charge is -2.12. The molecule has 4 nitrogen and oxygen atoms in total. The molecule has 0 saturated heterocycles. The molecule has 16 heavy (non-hydrogen) atoms. The molecule has 0 aliphatic rings. The highest BCUT2D eigenvalue weighted by molar-refractivity contribution is 6.30. The van der Waals surface area contributed by atoms with Crippen LogP contribution >= 0.6 is 11.6 Å². The van der Waals surface area contributed by atoms with E-state index in [-0.39, 0.29) is 5.82 Å². The van der Waals surface area contributed by atoms with Crippen molar-refractivity contribution in [2.75, 3.05) is 0 Å². The van der Waals surface area contributed by atoms with Gasteiger partial charge in [0.2, 0.25) is 0 Å². The summed E-state index contributed by atoms with van der Waals surface area (Å²) in [4.78, 5) is 17.1. The molecular weight excluding hydrogens is 249 g/mol. The van der Waals surface area contributed by atoms with E-state index in [2.05, 4.69) is 9.97 Å². The van der Waals surface area contributed by atoms with Crippen LogP contribution in [0.25, 0.3) is 0 Å². The van der Waals surface area contributed by atoms with Gasteiger partial charge in [0.05, 0.1) is 6.42 Å². The number of hydrogen-bond donors (Lipinski definition) is 1. The molecule has 0 fully saturated rings. The van der Waals surface area contributed by atoms with E-state index in [1.54, 1.807) is 0 Å². The Kier molecular flexibility index (Phi) is 3.37. The van der Waals surface area contributed by atoms with Crippen molar-refractivity contribution in [3.63, 3.8) is 0 Å². The number of aromatic nitrogens is 2. The summed E-state index contributed by atoms with van der Waals surface area (Å²) in [5.41, 5.74) is -1.92. The van der Waals surface area contributed by atoms with Gasteiger partial charge < -0.3 is 5.11 Å². The van der Waals surface area contributed by atoms with E-state index < -0.39 is 35.0 Å². The molecule has 1 aromatic heterocycles. The van der Waals surface area contributed by atoms with E-state index in [1.807, 2.05) is 0 Å². The minimum atomic E-state index is -4.75. The number of carbonyl (C=O) groups is 1. The lowest BCUT2D eigenvalue weighted by molar-refractivity contribution is -0.142. The van der Waals surface area contributed by atoms with Crippen LogP contribution in [0.15, 0.2) is 0 Å². The predicted molar refractivity (Wildman–Crippen MR) is 48.1 cm³/mol. The number of rotatable bonds is 2. The first-order valence-corrected chi connectivity index (χ1v) is 4.41. The highest BCUT2D eigenvalue weighted by Crippen LogP contribution is 2.33. The summed E-state index contributed by atoms with van der Waals surface area (Å²) in [5.74, 6) is -1.59. The lowest BCUT2D eigenvalue weighted by atomic mass is 10.1. The van der Waals surface area contributed by atoms with Crippen LogP contribution in [0.1, 0.15) is 17.1 Å². The monoisotopic (exact) mass is 254 g/mol. The summed E-state index contributed by atoms with van der Waals surface area (Å²) in [6.07, 6.45) is -5.62. The predicted octanol–water partition coefficient (Wildman–Crippen LogP) is 2.08. The number of carboxylic acid groups (broad SMARTS) is 1. The maximum Gasteiger partial charge on any atom is 0.433 e. The lowest BCUT2D eigenvalue weighted by Crippen LogP contribution is -2.17. The second kappa shape index (κ2) is 4.25. The van der Waals surface area contributed by atoms with Crippen LogP contribution < -0.4 is 0 Å². The van der Waals surface area contributed by atoms with Crippen molar-refractivity contribution in [2.45, 2.75) is 19.5 Å². The van der Waals surface area contributed by atoms with Gasteiger partial charge in [-0.3, -0.25) is 4.79 Å². The molecule has 1 heterocycles. The summed E-state index contributed by atoms with van der Waals surface area (Å²) in [5, 5.41) is 7.99. The van der Waals surface area contributed by atoms with Crippen molar-refractivity contribution in [1.82, 2.24) is 9.97 Å². The van der Waals surface area contributed by atoms with Crippen LogP contribution in [-0.2, 0) is 17.4 Å². The van der Waals surface area contributed by atoms with E-state index in [1.165, 1.54) is 6.92 Å². The zero-order valence-electron chi connectivity index (χ0n) is 7.97. The molecule has 0 radical (unpaired) electrons. The van der Waals surface area contributed by atoms with E-state index in [4.69, 9.17) is 16.7 Å². The van der Waals surface area contributed by atoms with Gasteiger partial charge in [-0.05, 0) is 6.92 Å². The number of nitrogens with zero attached hydrogens (tertiary/aromatic N) is 2. The molecule has 0 aliphatic heterocycles. The molecule has 8 heteroatoms. The molecule has 88 valence electrons. The van der Waals surface area contributed by atoms with Crippen molar-refractivity contribution < 1.29 is 23.1 Å². The first-order valence-electron chi connectivity index (χ1n) is 4.04. The first-order chi connectivity index (χ1) is 7.21. The van der Waals surface area contributed by atoms with Crippen LogP contribution in [0.2, 0.25) is 5.15 Å². The van der Waals surface area contributed by atoms with E-state index in [0.29, 0.717) is 0 Å². The Labute approximate surface area is 93.1 Å². The van der Waals surface area contributed by atoms with Gasteiger partial charge in [0, 0.05) is 5.56 Å². The fraction of sp³-hybridized carbons (Fsp3) is 0.375. The van der Waals surface area contributed by atoms with Gasteiger partial charge in [-0.2, -0.15) is 13.2 Å². The molecule has 1 N–H and O–H groups in total. The number of hydrogen-bond acceptors (Lipinski definition) is 3. The van der Waals surface area contributed by atoms with Gasteiger partial charge >= 0.3 is 12.1 Å². The average Bonchev–Trinajstić information content (AvgIpc) is 2.06. The average molecular weight is 255 g/mol. The van der Waals surface area contributed by atoms with Crippen LogP contribution in [0.3, 0.4) is 0 Å². The van der Waals surface area contributed by atoms with Gasteiger partial charge in [-0.25, -0.2) is 9.97 Å². The van der Waals surface area contributed by atoms with Crippen molar-refractivity contribution in [3.05, 3.63) is 22.2 Å². The normalized spacial score (nSPS) is 11.6. The molecule has 1 aromatic rings. The molecule has 0 unspecified atom stereocenters. The van der Waals surface area contributed by atoms with Crippen molar-refractivity contribution in [2.24, 2.45) is 0 Å². The van der Waals surface area contributed by atoms with Crippen LogP contribution in [0, 0.1) is 6.92 Å². The highest BCUT2D eigenvalue weighted by atomic mass is 35.5. The topological polar surface area (TPSA) is 63.1 Å². The Bertz CT molecular complexity index is 434. The third-order valence-electron chi connectivity index (χ3n) is 1.66. The maximum absolute atomic E-state index is 12.5. The second-order valence-electron chi connectivity index (χ2n) is 2.96. The molecule has 0 saturated carbocycles. The quantitative estimate of drug-likeness (QED) is 0.821. The van der Waals surface area contributed by atoms with E-state index in [0.717, 1.165) is 0 Å². The number of carboxylic acids is 1. The van der Waals surface area contributed by atoms with Gasteiger partial charge in [-0.1, -0.05) is 11.6 Å². The fourth-order valence-electron chi connectivity index (χ4n) is 1.10. The number of alkyl halides is 3. The van der Waals surface area contributed by atoms with Crippen LogP contribution in [0.5, 0.6) is 0 Å². The Hall–Kier alpha value is -1.37. The number of halogens is 4. The third kappa shape index (κ3) is 2.82. The Balaban J connectivity index is 3.38. The number of aliphatic carboxylic acids is 1. The maximum atomic E-state index is 12.5. The van der Waals surface area contributed by atoms with Crippen LogP contribution in [-0.4, -0.2) is 21.0 Å². The Morgan fingerprint density at radius 1 is 1.44 bits per heavy atom. The summed E-state index contributed by atoms with van der Waals surface area (Å²) in [7, 11) is 0. The van der Waals surface area contributed by atoms with Crippen molar-refractivity contribution in [1.29, 1.82) is 0 Å². The second-order valence-corrected chi connectivity index (χ2v) is 3.32. The zero-order chi connectivity index (χ0) is 12.5. The summed E-state index contributed by atoms with van der Waals surface area (Å²) in [6, 6.07) is 0. The zero-order valence-corrected chi connectivity index (χ0v) is 8.72. The van der Waals surface area contributed by atoms with Gasteiger partial charge in [0.15, 0.2) is 5.69 Å². The Morgan fingerprint density at radius 2 is 2.00 bits per heavy atom. The number of aryl methyl sites for hydroxylation is 1. The first kappa shape index (κ1) is 12.7. The summed E-state index contributed by atoms with van der Waals surface area (Å²) in [6.45, 7) is 1.24. The fourth-order valence-corrected chi connectivity index (χ4v) is 1.38. The summed E-state index contributed by atoms with van der Waals surface area (Å²) < 4.78 is 37.6. The van der Waals surface area contributed by atoms with Gasteiger partial charge in [-0.15, -0.1) is 0 Å². The van der Waals surface area contributed by atoms with Crippen molar-refractivity contribution >= 4 is 17.6 Å². The summed E-state index contributed by atoms with van der Waals surface area (Å²) >= 11 is 5.47. The molecule has 0 amide bonds. The van der Waals surface area contributed by atoms with Crippen LogP contribution in [0.4, 0.5) is 13.2 Å². The minimum Gasteiger partial charge on any atom is -0.481 e. The molecular formula is C8H6ClF3N2O2. The van der Waals surface area contributed by atoms with Crippen molar-refractivity contribution in [3.8, 4) is 0 Å². The van der Waals surface area contributed by atoms with Gasteiger partial charge in [0.25, 0.3) is 0 Å². The molecule has 0 aromatic carbocycles. The molecule has 1 rings (SSSR count). The molecule has 0 bridgehead atoms. The minimum absolute atomic E-state index is 0.161. The SMILES string of the molecule is Cc1nc(Cl)c(CC(=O)O)c(C(F)(F)F)n1. The highest BCUT2D eigenvalue weighted by Gasteiger charge is 2.37. The molecule has 0 atom stereocenters. The molecule has 0 aliphatic carbocycles. The van der Waals surface area contributed by atoms with E-state index >= 15 is 0 Å². The van der Waals surface area contributed by atoms with E-state index in [9.17, 15) is 18.0 Å². The largest absolute Gasteiger partial charge is 0.481 e. The standard InChI is InChI=1S/C8H6ClF3N2O2/c1-3-13-6(8(10,11)12)4(2-5(15)16)7(9)14-3/h2H2,1H3,(H,15,16).